The van der Waals surface area contributed by atoms with Crippen LogP contribution in [0.15, 0.2) is 12.2 Å². The molecule has 0 aromatic carbocycles. The van der Waals surface area contributed by atoms with Crippen molar-refractivity contribution in [2.24, 2.45) is 0 Å². The molecule has 6 heteroatoms. The van der Waals surface area contributed by atoms with Gasteiger partial charge in [-0.2, -0.15) is 0 Å². The summed E-state index contributed by atoms with van der Waals surface area (Å²) in [6, 6.07) is 0. The third-order valence-corrected chi connectivity index (χ3v) is 17.0. The van der Waals surface area contributed by atoms with Crippen molar-refractivity contribution in [3.63, 3.8) is 0 Å². The smallest absolute Gasteiger partial charge is 0.306 e. The fourth-order valence-electron chi connectivity index (χ4n) is 11.5. The van der Waals surface area contributed by atoms with Crippen LogP contribution in [0.25, 0.3) is 0 Å². The van der Waals surface area contributed by atoms with Crippen LogP contribution >= 0.6 is 0 Å². The van der Waals surface area contributed by atoms with Gasteiger partial charge in [0, 0.05) is 19.3 Å². The molecule has 0 bridgehead atoms. The number of rotatable bonds is 69. The maximum absolute atomic E-state index is 13.0. The maximum atomic E-state index is 13.0. The van der Waals surface area contributed by atoms with E-state index in [9.17, 15) is 14.4 Å². The molecule has 474 valence electrons. The van der Waals surface area contributed by atoms with Crippen molar-refractivity contribution < 1.29 is 28.6 Å². The molecule has 1 unspecified atom stereocenters. The van der Waals surface area contributed by atoms with Gasteiger partial charge in [-0.05, 0) is 44.9 Å². The Hall–Kier alpha value is -1.85. The van der Waals surface area contributed by atoms with Crippen LogP contribution in [-0.4, -0.2) is 37.2 Å². The standard InChI is InChI=1S/C74H142O6/c1-4-7-10-13-16-19-22-25-28-31-33-35-37-39-40-43-46-49-52-55-58-61-64-67-73(76)79-70-71(69-78-72(75)66-63-60-57-54-51-48-45-42-30-27-24-21-18-15-12-9-6-3)80-74(77)68-65-62-59-56-53-50-47-44-41-38-36-34-32-29-26-23-20-17-14-11-8-5-2/h31,33,71H,4-30,32,34-70H2,1-3H3/b33-31-. The Morgan fingerprint density at radius 1 is 0.237 bits per heavy atom. The highest BCUT2D eigenvalue weighted by molar-refractivity contribution is 5.71. The number of hydrogen-bond acceptors (Lipinski definition) is 6. The number of esters is 3. The molecule has 0 spiro atoms. The van der Waals surface area contributed by atoms with Crippen LogP contribution in [0.4, 0.5) is 0 Å². The fourth-order valence-corrected chi connectivity index (χ4v) is 11.5. The number of unbranched alkanes of at least 4 members (excludes halogenated alkanes) is 56. The van der Waals surface area contributed by atoms with Gasteiger partial charge in [-0.25, -0.2) is 0 Å². The lowest BCUT2D eigenvalue weighted by Gasteiger charge is -2.18. The molecule has 0 aliphatic heterocycles. The monoisotopic (exact) mass is 1130 g/mol. The molecule has 0 rings (SSSR count). The molecule has 80 heavy (non-hydrogen) atoms. The van der Waals surface area contributed by atoms with Gasteiger partial charge in [-0.1, -0.05) is 373 Å². The predicted molar refractivity (Wildman–Crippen MR) is 349 cm³/mol. The predicted octanol–water partition coefficient (Wildman–Crippen LogP) is 25.2. The first-order valence-corrected chi connectivity index (χ1v) is 36.7. The molecule has 0 aromatic rings. The summed E-state index contributed by atoms with van der Waals surface area (Å²) in [6.07, 6.45) is 83.9. The molecule has 0 aliphatic rings. The van der Waals surface area contributed by atoms with Gasteiger partial charge in [0.05, 0.1) is 0 Å². The molecule has 0 amide bonds. The molecule has 0 saturated heterocycles. The van der Waals surface area contributed by atoms with Crippen LogP contribution in [0.1, 0.15) is 425 Å². The van der Waals surface area contributed by atoms with E-state index in [0.29, 0.717) is 19.3 Å². The van der Waals surface area contributed by atoms with Crippen molar-refractivity contribution >= 4 is 17.9 Å². The summed E-state index contributed by atoms with van der Waals surface area (Å²) in [7, 11) is 0. The number of ether oxygens (including phenoxy) is 3. The van der Waals surface area contributed by atoms with Gasteiger partial charge in [0.2, 0.25) is 0 Å². The summed E-state index contributed by atoms with van der Waals surface area (Å²) in [5, 5.41) is 0. The first-order chi connectivity index (χ1) is 39.5. The van der Waals surface area contributed by atoms with Gasteiger partial charge in [0.1, 0.15) is 13.2 Å². The second-order valence-electron chi connectivity index (χ2n) is 25.2. The lowest BCUT2D eigenvalue weighted by atomic mass is 10.0. The minimum atomic E-state index is -0.767. The van der Waals surface area contributed by atoms with Crippen LogP contribution in [0.3, 0.4) is 0 Å². The third kappa shape index (κ3) is 66.9. The number of carbonyl (C=O) groups is 3. The summed E-state index contributed by atoms with van der Waals surface area (Å²) >= 11 is 0. The van der Waals surface area contributed by atoms with Gasteiger partial charge in [0.15, 0.2) is 6.10 Å². The molecule has 0 heterocycles. The van der Waals surface area contributed by atoms with E-state index in [4.69, 9.17) is 14.2 Å². The zero-order chi connectivity index (χ0) is 57.8. The average Bonchev–Trinajstić information content (AvgIpc) is 3.46. The maximum Gasteiger partial charge on any atom is 0.306 e. The average molecular weight is 1130 g/mol. The lowest BCUT2D eigenvalue weighted by Crippen LogP contribution is -2.30. The van der Waals surface area contributed by atoms with E-state index < -0.39 is 6.10 Å². The molecule has 0 aromatic heterocycles. The van der Waals surface area contributed by atoms with Crippen molar-refractivity contribution in [3.05, 3.63) is 12.2 Å². The molecule has 0 fully saturated rings. The van der Waals surface area contributed by atoms with Crippen molar-refractivity contribution in [2.45, 2.75) is 431 Å². The third-order valence-electron chi connectivity index (χ3n) is 17.0. The van der Waals surface area contributed by atoms with E-state index in [1.54, 1.807) is 0 Å². The summed E-state index contributed by atoms with van der Waals surface area (Å²) < 4.78 is 17.0. The van der Waals surface area contributed by atoms with E-state index in [1.807, 2.05) is 0 Å². The minimum Gasteiger partial charge on any atom is -0.462 e. The van der Waals surface area contributed by atoms with Gasteiger partial charge in [0.25, 0.3) is 0 Å². The molecule has 1 atom stereocenters. The van der Waals surface area contributed by atoms with E-state index in [2.05, 4.69) is 32.9 Å². The molecule has 0 radical (unpaired) electrons. The summed E-state index contributed by atoms with van der Waals surface area (Å²) in [4.78, 5) is 38.5. The van der Waals surface area contributed by atoms with Crippen LogP contribution in [0.2, 0.25) is 0 Å². The second kappa shape index (κ2) is 69.6. The Bertz CT molecular complexity index is 1250. The van der Waals surface area contributed by atoms with Gasteiger partial charge in [-0.3, -0.25) is 14.4 Å². The minimum absolute atomic E-state index is 0.0625. The Morgan fingerprint density at radius 3 is 0.625 bits per heavy atom. The van der Waals surface area contributed by atoms with Crippen molar-refractivity contribution in [2.75, 3.05) is 13.2 Å². The Labute approximate surface area is 501 Å². The van der Waals surface area contributed by atoms with Crippen molar-refractivity contribution in [3.8, 4) is 0 Å². The first-order valence-electron chi connectivity index (χ1n) is 36.7. The molecule has 0 aliphatic carbocycles. The summed E-state index contributed by atoms with van der Waals surface area (Å²) in [5.41, 5.74) is 0. The highest BCUT2D eigenvalue weighted by atomic mass is 16.6. The first kappa shape index (κ1) is 78.1. The zero-order valence-electron chi connectivity index (χ0n) is 54.6. The molecule has 0 saturated carbocycles. The van der Waals surface area contributed by atoms with E-state index in [1.165, 1.54) is 327 Å². The zero-order valence-corrected chi connectivity index (χ0v) is 54.6. The largest absolute Gasteiger partial charge is 0.462 e. The van der Waals surface area contributed by atoms with Crippen molar-refractivity contribution in [1.29, 1.82) is 0 Å². The SMILES string of the molecule is CCCCCCCCCC/C=C\CCCCCCCCCCCCCC(=O)OCC(COC(=O)CCCCCCCCCCCCCCCCCCC)OC(=O)CCCCCCCCCCCCCCCCCCCCCCCC. The quantitative estimate of drug-likeness (QED) is 0.0261. The molecular weight excluding hydrogens is 985 g/mol. The van der Waals surface area contributed by atoms with Crippen LogP contribution in [0.5, 0.6) is 0 Å². The Kier molecular flexibility index (Phi) is 68.0. The van der Waals surface area contributed by atoms with E-state index in [0.717, 1.165) is 57.8 Å². The van der Waals surface area contributed by atoms with Crippen LogP contribution in [-0.2, 0) is 28.6 Å². The van der Waals surface area contributed by atoms with Crippen LogP contribution < -0.4 is 0 Å². The highest BCUT2D eigenvalue weighted by Crippen LogP contribution is 2.19. The van der Waals surface area contributed by atoms with E-state index >= 15 is 0 Å². The number of allylic oxidation sites excluding steroid dienone is 2. The second-order valence-corrected chi connectivity index (χ2v) is 25.2. The van der Waals surface area contributed by atoms with E-state index in [-0.39, 0.29) is 31.1 Å². The lowest BCUT2D eigenvalue weighted by molar-refractivity contribution is -0.167. The molecule has 0 N–H and O–H groups in total. The number of hydrogen-bond donors (Lipinski definition) is 0. The van der Waals surface area contributed by atoms with Gasteiger partial charge < -0.3 is 14.2 Å². The molecule has 6 nitrogen and oxygen atoms in total. The summed E-state index contributed by atoms with van der Waals surface area (Å²) in [6.45, 7) is 6.74. The van der Waals surface area contributed by atoms with Crippen molar-refractivity contribution in [1.82, 2.24) is 0 Å². The Balaban J connectivity index is 4.27. The van der Waals surface area contributed by atoms with Gasteiger partial charge >= 0.3 is 17.9 Å². The van der Waals surface area contributed by atoms with Crippen LogP contribution in [0, 0.1) is 0 Å². The normalized spacial score (nSPS) is 12.0. The summed E-state index contributed by atoms with van der Waals surface area (Å²) in [5.74, 6) is -0.823. The Morgan fingerprint density at radius 2 is 0.412 bits per heavy atom. The van der Waals surface area contributed by atoms with Gasteiger partial charge in [-0.15, -0.1) is 0 Å². The topological polar surface area (TPSA) is 78.9 Å². The number of carbonyl (C=O) groups excluding carboxylic acids is 3. The highest BCUT2D eigenvalue weighted by Gasteiger charge is 2.20. The fraction of sp³-hybridized carbons (Fsp3) is 0.932. The molecular formula is C74H142O6.